The Morgan fingerprint density at radius 2 is 1.75 bits per heavy atom. The van der Waals surface area contributed by atoms with Crippen molar-refractivity contribution in [3.63, 3.8) is 0 Å². The lowest BCUT2D eigenvalue weighted by Gasteiger charge is -2.12. The van der Waals surface area contributed by atoms with Crippen LogP contribution >= 0.6 is 27.5 Å². The van der Waals surface area contributed by atoms with E-state index in [9.17, 15) is 9.59 Å². The molecule has 0 saturated heterocycles. The van der Waals surface area contributed by atoms with Gasteiger partial charge in [-0.15, -0.1) is 0 Å². The van der Waals surface area contributed by atoms with Crippen LogP contribution in [0.5, 0.6) is 0 Å². The maximum atomic E-state index is 12.0. The molecule has 24 heavy (non-hydrogen) atoms. The molecule has 0 aliphatic carbocycles. The van der Waals surface area contributed by atoms with Crippen molar-refractivity contribution in [2.24, 2.45) is 0 Å². The summed E-state index contributed by atoms with van der Waals surface area (Å²) in [4.78, 5) is 23.8. The van der Waals surface area contributed by atoms with Crippen molar-refractivity contribution in [3.8, 4) is 0 Å². The van der Waals surface area contributed by atoms with E-state index in [4.69, 9.17) is 16.3 Å². The summed E-state index contributed by atoms with van der Waals surface area (Å²) in [5.41, 5.74) is 1.44. The fraction of sp³-hybridized carbons (Fsp3) is 0.111. The number of esters is 1. The summed E-state index contributed by atoms with van der Waals surface area (Å²) in [6.07, 6.45) is 2.00. The van der Waals surface area contributed by atoms with Crippen molar-refractivity contribution in [2.45, 2.75) is 13.0 Å². The molecule has 2 rings (SSSR count). The first-order chi connectivity index (χ1) is 11.4. The molecule has 0 heterocycles. The summed E-state index contributed by atoms with van der Waals surface area (Å²) in [5, 5.41) is 3.22. The van der Waals surface area contributed by atoms with Gasteiger partial charge in [0.05, 0.1) is 0 Å². The highest BCUT2D eigenvalue weighted by molar-refractivity contribution is 9.10. The molecule has 1 amide bonds. The summed E-state index contributed by atoms with van der Waals surface area (Å²) in [7, 11) is 0. The van der Waals surface area contributed by atoms with E-state index in [1.54, 1.807) is 30.3 Å². The van der Waals surface area contributed by atoms with Crippen molar-refractivity contribution < 1.29 is 14.3 Å². The molecule has 0 saturated carbocycles. The molecule has 0 fully saturated rings. The van der Waals surface area contributed by atoms with E-state index in [-0.39, 0.29) is 0 Å². The number of ether oxygens (including phenoxy) is 1. The van der Waals surface area contributed by atoms with E-state index in [0.29, 0.717) is 10.7 Å². The van der Waals surface area contributed by atoms with E-state index in [1.165, 1.54) is 13.0 Å². The van der Waals surface area contributed by atoms with Crippen molar-refractivity contribution >= 4 is 51.2 Å². The van der Waals surface area contributed by atoms with Crippen LogP contribution in [-0.4, -0.2) is 18.0 Å². The number of carbonyl (C=O) groups excluding carboxylic acids is 2. The topological polar surface area (TPSA) is 55.4 Å². The second-order valence-corrected chi connectivity index (χ2v) is 6.31. The molecule has 2 aromatic rings. The normalized spacial score (nSPS) is 12.0. The summed E-state index contributed by atoms with van der Waals surface area (Å²) in [6, 6.07) is 14.1. The van der Waals surface area contributed by atoms with Gasteiger partial charge in [-0.1, -0.05) is 39.7 Å². The molecule has 2 aromatic carbocycles. The predicted molar refractivity (Wildman–Crippen MR) is 98.8 cm³/mol. The van der Waals surface area contributed by atoms with Crippen LogP contribution < -0.4 is 5.32 Å². The summed E-state index contributed by atoms with van der Waals surface area (Å²) in [5.74, 6) is -1.00. The fourth-order valence-electron chi connectivity index (χ4n) is 1.78. The zero-order valence-corrected chi connectivity index (χ0v) is 15.2. The summed E-state index contributed by atoms with van der Waals surface area (Å²) >= 11 is 9.12. The zero-order chi connectivity index (χ0) is 17.5. The molecular weight excluding hydrogens is 394 g/mol. The largest absolute Gasteiger partial charge is 0.449 e. The first-order valence-corrected chi connectivity index (χ1v) is 8.32. The standard InChI is InChI=1S/C18H15BrClNO3/c1-12(18(23)21-16-9-7-15(20)8-10-16)24-17(22)11-4-13-2-5-14(19)6-3-13/h2-12H,1H3,(H,21,23)/b11-4+/t12-/m1/s1. The molecule has 6 heteroatoms. The van der Waals surface area contributed by atoms with Gasteiger partial charge in [0.25, 0.3) is 5.91 Å². The maximum Gasteiger partial charge on any atom is 0.331 e. The summed E-state index contributed by atoms with van der Waals surface area (Å²) in [6.45, 7) is 1.51. The average Bonchev–Trinajstić information content (AvgIpc) is 2.56. The van der Waals surface area contributed by atoms with Crippen LogP contribution in [0.1, 0.15) is 12.5 Å². The number of hydrogen-bond donors (Lipinski definition) is 1. The number of benzene rings is 2. The minimum Gasteiger partial charge on any atom is -0.449 e. The molecular formula is C18H15BrClNO3. The maximum absolute atomic E-state index is 12.0. The number of halogens is 2. The number of anilines is 1. The van der Waals surface area contributed by atoms with Crippen LogP contribution in [0.2, 0.25) is 5.02 Å². The quantitative estimate of drug-likeness (QED) is 0.577. The molecule has 124 valence electrons. The Kier molecular flexibility index (Phi) is 6.58. The van der Waals surface area contributed by atoms with Gasteiger partial charge in [-0.3, -0.25) is 4.79 Å². The molecule has 1 N–H and O–H groups in total. The first kappa shape index (κ1) is 18.2. The van der Waals surface area contributed by atoms with Gasteiger partial charge in [0.1, 0.15) is 0 Å². The van der Waals surface area contributed by atoms with E-state index in [0.717, 1.165) is 10.0 Å². The van der Waals surface area contributed by atoms with Gasteiger partial charge >= 0.3 is 5.97 Å². The SMILES string of the molecule is C[C@@H](OC(=O)/C=C/c1ccc(Br)cc1)C(=O)Nc1ccc(Cl)cc1. The molecule has 1 atom stereocenters. The second-order valence-electron chi connectivity index (χ2n) is 4.96. The highest BCUT2D eigenvalue weighted by Gasteiger charge is 2.16. The first-order valence-electron chi connectivity index (χ1n) is 7.15. The Hall–Kier alpha value is -2.11. The van der Waals surface area contributed by atoms with Crippen molar-refractivity contribution in [2.75, 3.05) is 5.32 Å². The number of nitrogens with one attached hydrogen (secondary N) is 1. The van der Waals surface area contributed by atoms with E-state index in [1.807, 2.05) is 24.3 Å². The Labute approximate surface area is 153 Å². The molecule has 0 aliphatic heterocycles. The number of rotatable bonds is 5. The van der Waals surface area contributed by atoms with Crippen LogP contribution in [0, 0.1) is 0 Å². The van der Waals surface area contributed by atoms with Gasteiger partial charge in [-0.25, -0.2) is 4.79 Å². The van der Waals surface area contributed by atoms with Gasteiger partial charge in [0.15, 0.2) is 6.10 Å². The van der Waals surface area contributed by atoms with Crippen LogP contribution in [0.4, 0.5) is 5.69 Å². The van der Waals surface area contributed by atoms with E-state index in [2.05, 4.69) is 21.2 Å². The second kappa shape index (κ2) is 8.66. The highest BCUT2D eigenvalue weighted by atomic mass is 79.9. The lowest BCUT2D eigenvalue weighted by atomic mass is 10.2. The molecule has 0 aromatic heterocycles. The smallest absolute Gasteiger partial charge is 0.331 e. The van der Waals surface area contributed by atoms with Gasteiger partial charge in [0.2, 0.25) is 0 Å². The van der Waals surface area contributed by atoms with Gasteiger partial charge in [-0.2, -0.15) is 0 Å². The number of hydrogen-bond acceptors (Lipinski definition) is 3. The molecule has 0 unspecified atom stereocenters. The third-order valence-corrected chi connectivity index (χ3v) is 3.84. The van der Waals surface area contributed by atoms with Gasteiger partial charge in [0, 0.05) is 21.3 Å². The molecule has 0 bridgehead atoms. The fourth-order valence-corrected chi connectivity index (χ4v) is 2.17. The Morgan fingerprint density at radius 3 is 2.38 bits per heavy atom. The molecule has 0 radical (unpaired) electrons. The average molecular weight is 409 g/mol. The van der Waals surface area contributed by atoms with Crippen LogP contribution in [0.3, 0.4) is 0 Å². The van der Waals surface area contributed by atoms with Crippen LogP contribution in [0.15, 0.2) is 59.1 Å². The van der Waals surface area contributed by atoms with Crippen molar-refractivity contribution in [3.05, 3.63) is 69.7 Å². The molecule has 0 aliphatic rings. The van der Waals surface area contributed by atoms with E-state index < -0.39 is 18.0 Å². The minimum absolute atomic E-state index is 0.414. The van der Waals surface area contributed by atoms with Gasteiger partial charge in [-0.05, 0) is 55.0 Å². The van der Waals surface area contributed by atoms with Gasteiger partial charge < -0.3 is 10.1 Å². The minimum atomic E-state index is -0.914. The van der Waals surface area contributed by atoms with Crippen LogP contribution in [-0.2, 0) is 14.3 Å². The number of carbonyl (C=O) groups is 2. The Morgan fingerprint density at radius 1 is 1.12 bits per heavy atom. The molecule has 4 nitrogen and oxygen atoms in total. The highest BCUT2D eigenvalue weighted by Crippen LogP contribution is 2.14. The lowest BCUT2D eigenvalue weighted by Crippen LogP contribution is -2.29. The van der Waals surface area contributed by atoms with Crippen molar-refractivity contribution in [1.29, 1.82) is 0 Å². The monoisotopic (exact) mass is 407 g/mol. The number of amides is 1. The summed E-state index contributed by atoms with van der Waals surface area (Å²) < 4.78 is 6.03. The Bertz CT molecular complexity index is 742. The molecule has 0 spiro atoms. The zero-order valence-electron chi connectivity index (χ0n) is 12.8. The third-order valence-electron chi connectivity index (χ3n) is 3.06. The Balaban J connectivity index is 1.87. The van der Waals surface area contributed by atoms with Crippen LogP contribution in [0.25, 0.3) is 6.08 Å². The van der Waals surface area contributed by atoms with Crippen molar-refractivity contribution in [1.82, 2.24) is 0 Å². The lowest BCUT2D eigenvalue weighted by molar-refractivity contribution is -0.148. The van der Waals surface area contributed by atoms with E-state index >= 15 is 0 Å². The predicted octanol–water partition coefficient (Wildman–Crippen LogP) is 4.69. The third kappa shape index (κ3) is 5.83.